The summed E-state index contributed by atoms with van der Waals surface area (Å²) in [6.07, 6.45) is 5.79. The second kappa shape index (κ2) is 7.77. The molecule has 0 aliphatic carbocycles. The van der Waals surface area contributed by atoms with Gasteiger partial charge in [0.15, 0.2) is 0 Å². The molecule has 4 nitrogen and oxygen atoms in total. The van der Waals surface area contributed by atoms with Crippen molar-refractivity contribution in [2.45, 2.75) is 25.5 Å². The maximum atomic E-state index is 11.4. The van der Waals surface area contributed by atoms with Crippen molar-refractivity contribution in [1.82, 2.24) is 14.9 Å². The number of aryl methyl sites for hydroxylation is 1. The van der Waals surface area contributed by atoms with Gasteiger partial charge in [0.2, 0.25) is 0 Å². The van der Waals surface area contributed by atoms with Gasteiger partial charge in [-0.1, -0.05) is 23.7 Å². The highest BCUT2D eigenvalue weighted by Crippen LogP contribution is 2.39. The van der Waals surface area contributed by atoms with Gasteiger partial charge in [-0.25, -0.2) is 0 Å². The van der Waals surface area contributed by atoms with Crippen LogP contribution in [0.4, 0.5) is 0 Å². The van der Waals surface area contributed by atoms with Crippen molar-refractivity contribution < 1.29 is 5.11 Å². The third-order valence-electron chi connectivity index (χ3n) is 5.08. The van der Waals surface area contributed by atoms with Crippen LogP contribution < -0.4 is 0 Å². The number of nitrogens with zero attached hydrogens (tertiary/aromatic N) is 3. The normalized spacial score (nSPS) is 16.6. The van der Waals surface area contributed by atoms with Crippen molar-refractivity contribution in [3.8, 4) is 11.3 Å². The first kappa shape index (κ1) is 18.1. The van der Waals surface area contributed by atoms with E-state index in [1.165, 1.54) is 0 Å². The summed E-state index contributed by atoms with van der Waals surface area (Å²) < 4.78 is 0. The molecule has 1 aliphatic rings. The van der Waals surface area contributed by atoms with E-state index in [0.29, 0.717) is 5.02 Å². The number of pyridine rings is 2. The standard InChI is InChI=1S/C22H22ClN3O/c1-15-11-17(13-18(23)12-15)20-19(6-3-8-25-20)22(27)21(26-9-4-10-26)16-5-2-7-24-14-16/h2-3,5-8,11-14,21-22,27H,4,9-10H2,1H3/t21-,22+/m0/s1. The van der Waals surface area contributed by atoms with E-state index in [1.54, 1.807) is 12.4 Å². The van der Waals surface area contributed by atoms with Gasteiger partial charge in [-0.05, 0) is 54.8 Å². The van der Waals surface area contributed by atoms with Gasteiger partial charge in [-0.15, -0.1) is 0 Å². The van der Waals surface area contributed by atoms with Crippen molar-refractivity contribution in [2.24, 2.45) is 0 Å². The Morgan fingerprint density at radius 3 is 2.59 bits per heavy atom. The first-order chi connectivity index (χ1) is 13.1. The Morgan fingerprint density at radius 1 is 1.11 bits per heavy atom. The fourth-order valence-electron chi connectivity index (χ4n) is 3.70. The average Bonchev–Trinajstić information content (AvgIpc) is 2.64. The number of benzene rings is 1. The van der Waals surface area contributed by atoms with Crippen molar-refractivity contribution in [3.63, 3.8) is 0 Å². The zero-order chi connectivity index (χ0) is 18.8. The molecule has 0 radical (unpaired) electrons. The Hall–Kier alpha value is -2.27. The van der Waals surface area contributed by atoms with Crippen molar-refractivity contribution in [1.29, 1.82) is 0 Å². The van der Waals surface area contributed by atoms with E-state index in [9.17, 15) is 5.11 Å². The zero-order valence-corrected chi connectivity index (χ0v) is 16.0. The summed E-state index contributed by atoms with van der Waals surface area (Å²) in [5.41, 5.74) is 4.57. The van der Waals surface area contributed by atoms with Crippen LogP contribution in [0.15, 0.2) is 61.1 Å². The fourth-order valence-corrected chi connectivity index (χ4v) is 3.99. The molecule has 1 aromatic carbocycles. The summed E-state index contributed by atoms with van der Waals surface area (Å²) in [4.78, 5) is 11.1. The van der Waals surface area contributed by atoms with Gasteiger partial charge in [0.1, 0.15) is 6.10 Å². The van der Waals surface area contributed by atoms with Crippen LogP contribution in [0.2, 0.25) is 5.02 Å². The lowest BCUT2D eigenvalue weighted by Gasteiger charge is -2.41. The number of hydrogen-bond donors (Lipinski definition) is 1. The van der Waals surface area contributed by atoms with Gasteiger partial charge >= 0.3 is 0 Å². The predicted octanol–water partition coefficient (Wildman–Crippen LogP) is 4.59. The number of halogens is 1. The minimum absolute atomic E-state index is 0.143. The van der Waals surface area contributed by atoms with Crippen molar-refractivity contribution in [3.05, 3.63) is 82.8 Å². The van der Waals surface area contributed by atoms with Crippen LogP contribution in [0.25, 0.3) is 11.3 Å². The zero-order valence-electron chi connectivity index (χ0n) is 15.2. The molecule has 3 heterocycles. The highest BCUT2D eigenvalue weighted by Gasteiger charge is 2.33. The van der Waals surface area contributed by atoms with Crippen molar-refractivity contribution >= 4 is 11.6 Å². The summed E-state index contributed by atoms with van der Waals surface area (Å²) >= 11 is 6.27. The third kappa shape index (κ3) is 3.74. The lowest BCUT2D eigenvalue weighted by molar-refractivity contribution is 0.0129. The molecule has 3 aromatic rings. The van der Waals surface area contributed by atoms with Crippen LogP contribution in [0.1, 0.15) is 35.3 Å². The van der Waals surface area contributed by atoms with Gasteiger partial charge < -0.3 is 5.11 Å². The van der Waals surface area contributed by atoms with E-state index in [1.807, 2.05) is 55.6 Å². The maximum absolute atomic E-state index is 11.4. The first-order valence-electron chi connectivity index (χ1n) is 9.18. The van der Waals surface area contributed by atoms with Crippen LogP contribution in [-0.4, -0.2) is 33.1 Å². The first-order valence-corrected chi connectivity index (χ1v) is 9.56. The van der Waals surface area contributed by atoms with Gasteiger partial charge in [-0.2, -0.15) is 0 Å². The molecule has 0 saturated carbocycles. The summed E-state index contributed by atoms with van der Waals surface area (Å²) in [5, 5.41) is 12.1. The second-order valence-electron chi connectivity index (χ2n) is 7.02. The smallest absolute Gasteiger partial charge is 0.101 e. The highest BCUT2D eigenvalue weighted by molar-refractivity contribution is 6.30. The molecule has 2 aromatic heterocycles. The minimum atomic E-state index is -0.711. The molecule has 1 saturated heterocycles. The van der Waals surface area contributed by atoms with Gasteiger partial charge in [0.05, 0.1) is 11.7 Å². The Kier molecular flexibility index (Phi) is 5.21. The van der Waals surface area contributed by atoms with Crippen LogP contribution in [0.3, 0.4) is 0 Å². The van der Waals surface area contributed by atoms with E-state index >= 15 is 0 Å². The quantitative estimate of drug-likeness (QED) is 0.704. The number of rotatable bonds is 5. The van der Waals surface area contributed by atoms with Gasteiger partial charge in [-0.3, -0.25) is 14.9 Å². The predicted molar refractivity (Wildman–Crippen MR) is 108 cm³/mol. The van der Waals surface area contributed by atoms with E-state index < -0.39 is 6.10 Å². The Labute approximate surface area is 164 Å². The van der Waals surface area contributed by atoms with Crippen LogP contribution >= 0.6 is 11.6 Å². The van der Waals surface area contributed by atoms with Gasteiger partial charge in [0, 0.05) is 47.8 Å². The van der Waals surface area contributed by atoms with Gasteiger partial charge in [0.25, 0.3) is 0 Å². The maximum Gasteiger partial charge on any atom is 0.101 e. The molecule has 4 rings (SSSR count). The molecular formula is C22H22ClN3O. The largest absolute Gasteiger partial charge is 0.386 e. The van der Waals surface area contributed by atoms with E-state index in [4.69, 9.17) is 11.6 Å². The molecule has 27 heavy (non-hydrogen) atoms. The summed E-state index contributed by atoms with van der Waals surface area (Å²) in [6.45, 7) is 3.96. The van der Waals surface area contributed by atoms with Crippen LogP contribution in [0, 0.1) is 6.92 Å². The second-order valence-corrected chi connectivity index (χ2v) is 7.46. The monoisotopic (exact) mass is 379 g/mol. The number of aliphatic hydroxyl groups excluding tert-OH is 1. The molecule has 5 heteroatoms. The molecule has 2 atom stereocenters. The van der Waals surface area contributed by atoms with Crippen LogP contribution in [0.5, 0.6) is 0 Å². The summed E-state index contributed by atoms with van der Waals surface area (Å²) in [6, 6.07) is 13.5. The molecular weight excluding hydrogens is 358 g/mol. The average molecular weight is 380 g/mol. The Morgan fingerprint density at radius 2 is 1.93 bits per heavy atom. The molecule has 1 fully saturated rings. The SMILES string of the molecule is Cc1cc(Cl)cc(-c2ncccc2[C@@H](O)[C@H](c2cccnc2)N2CCC2)c1. The van der Waals surface area contributed by atoms with Crippen LogP contribution in [-0.2, 0) is 0 Å². The molecule has 1 aliphatic heterocycles. The third-order valence-corrected chi connectivity index (χ3v) is 5.30. The summed E-state index contributed by atoms with van der Waals surface area (Å²) in [5.74, 6) is 0. The van der Waals surface area contributed by atoms with Crippen molar-refractivity contribution in [2.75, 3.05) is 13.1 Å². The molecule has 138 valence electrons. The Bertz CT molecular complexity index is 908. The lowest BCUT2D eigenvalue weighted by Crippen LogP contribution is -2.42. The molecule has 0 bridgehead atoms. The number of hydrogen-bond acceptors (Lipinski definition) is 4. The number of aliphatic hydroxyl groups is 1. The number of likely N-dealkylation sites (tertiary alicyclic amines) is 1. The van der Waals surface area contributed by atoms with E-state index in [0.717, 1.165) is 47.5 Å². The van der Waals surface area contributed by atoms with E-state index in [-0.39, 0.29) is 6.04 Å². The topological polar surface area (TPSA) is 49.3 Å². The molecule has 0 amide bonds. The molecule has 0 unspecified atom stereocenters. The molecule has 0 spiro atoms. The lowest BCUT2D eigenvalue weighted by atomic mass is 9.90. The summed E-state index contributed by atoms with van der Waals surface area (Å²) in [7, 11) is 0. The van der Waals surface area contributed by atoms with E-state index in [2.05, 4.69) is 14.9 Å². The fraction of sp³-hybridized carbons (Fsp3) is 0.273. The Balaban J connectivity index is 1.78. The highest BCUT2D eigenvalue weighted by atomic mass is 35.5. The molecule has 1 N–H and O–H groups in total. The minimum Gasteiger partial charge on any atom is -0.386 e. The number of aromatic nitrogens is 2.